The summed E-state index contributed by atoms with van der Waals surface area (Å²) in [7, 11) is 6.52. The molecule has 4 rings (SSSR count). The van der Waals surface area contributed by atoms with Gasteiger partial charge in [0.05, 0.1) is 39.9 Å². The molecule has 1 aliphatic heterocycles. The van der Waals surface area contributed by atoms with E-state index < -0.39 is 6.29 Å². The fourth-order valence-corrected chi connectivity index (χ4v) is 3.95. The van der Waals surface area contributed by atoms with E-state index in [1.165, 1.54) is 0 Å². The standard InChI is InChI=1S/C23H26O7/c1-24-13-30-14-11-16-19(17(12-14)23-28-9-6-10-29-23)22(27-4)20-15(21(16)26-3)7-5-8-18(20)25-2/h5,7-8,11-12,23H,6,9-10,13H2,1-4H3. The lowest BCUT2D eigenvalue weighted by atomic mass is 9.95. The Kier molecular flexibility index (Phi) is 6.13. The molecule has 1 saturated heterocycles. The fraction of sp³-hybridized carbons (Fsp3) is 0.391. The molecule has 1 aliphatic rings. The van der Waals surface area contributed by atoms with Crippen molar-refractivity contribution >= 4 is 21.5 Å². The summed E-state index contributed by atoms with van der Waals surface area (Å²) in [6.07, 6.45) is 0.309. The first-order chi connectivity index (χ1) is 14.7. The molecule has 3 aromatic rings. The first kappa shape index (κ1) is 20.5. The van der Waals surface area contributed by atoms with Crippen LogP contribution in [-0.4, -0.2) is 48.4 Å². The normalized spacial score (nSPS) is 14.8. The molecule has 0 aromatic heterocycles. The Balaban J connectivity index is 2.12. The molecule has 0 atom stereocenters. The lowest BCUT2D eigenvalue weighted by molar-refractivity contribution is -0.182. The van der Waals surface area contributed by atoms with Gasteiger partial charge in [-0.15, -0.1) is 0 Å². The monoisotopic (exact) mass is 414 g/mol. The topological polar surface area (TPSA) is 64.6 Å². The van der Waals surface area contributed by atoms with E-state index in [1.807, 2.05) is 30.3 Å². The highest BCUT2D eigenvalue weighted by atomic mass is 16.7. The molecule has 0 bridgehead atoms. The van der Waals surface area contributed by atoms with Gasteiger partial charge in [0, 0.05) is 28.8 Å². The average molecular weight is 414 g/mol. The van der Waals surface area contributed by atoms with Gasteiger partial charge in [0.1, 0.15) is 23.0 Å². The van der Waals surface area contributed by atoms with Gasteiger partial charge in [-0.2, -0.15) is 0 Å². The largest absolute Gasteiger partial charge is 0.496 e. The van der Waals surface area contributed by atoms with Crippen molar-refractivity contribution < 1.29 is 33.2 Å². The maximum absolute atomic E-state index is 5.94. The zero-order chi connectivity index (χ0) is 21.1. The van der Waals surface area contributed by atoms with Crippen LogP contribution in [-0.2, 0) is 14.2 Å². The Morgan fingerprint density at radius 3 is 2.30 bits per heavy atom. The fourth-order valence-electron chi connectivity index (χ4n) is 3.95. The summed E-state index contributed by atoms with van der Waals surface area (Å²) < 4.78 is 40.2. The smallest absolute Gasteiger partial charge is 0.188 e. The second-order valence-electron chi connectivity index (χ2n) is 6.86. The highest BCUT2D eigenvalue weighted by Gasteiger charge is 2.27. The summed E-state index contributed by atoms with van der Waals surface area (Å²) in [6.45, 7) is 1.36. The third-order valence-electron chi connectivity index (χ3n) is 5.16. The van der Waals surface area contributed by atoms with Crippen LogP contribution in [0.2, 0.25) is 0 Å². The van der Waals surface area contributed by atoms with Crippen LogP contribution in [0.5, 0.6) is 23.0 Å². The molecule has 0 radical (unpaired) electrons. The van der Waals surface area contributed by atoms with Crippen molar-refractivity contribution in [3.8, 4) is 23.0 Å². The van der Waals surface area contributed by atoms with Crippen molar-refractivity contribution in [3.05, 3.63) is 35.9 Å². The molecule has 0 amide bonds. The number of fused-ring (bicyclic) bond motifs is 2. The number of rotatable bonds is 7. The maximum atomic E-state index is 5.94. The van der Waals surface area contributed by atoms with Crippen molar-refractivity contribution in [2.24, 2.45) is 0 Å². The minimum Gasteiger partial charge on any atom is -0.496 e. The van der Waals surface area contributed by atoms with Crippen LogP contribution < -0.4 is 18.9 Å². The Bertz CT molecular complexity index is 1040. The second-order valence-corrected chi connectivity index (χ2v) is 6.86. The summed E-state index contributed by atoms with van der Waals surface area (Å²) in [5.74, 6) is 2.68. The first-order valence-corrected chi connectivity index (χ1v) is 9.76. The molecular weight excluding hydrogens is 388 g/mol. The van der Waals surface area contributed by atoms with Crippen molar-refractivity contribution in [1.82, 2.24) is 0 Å². The molecule has 0 N–H and O–H groups in total. The van der Waals surface area contributed by atoms with Crippen molar-refractivity contribution in [2.45, 2.75) is 12.7 Å². The van der Waals surface area contributed by atoms with Gasteiger partial charge in [-0.25, -0.2) is 0 Å². The predicted molar refractivity (Wildman–Crippen MR) is 113 cm³/mol. The number of ether oxygens (including phenoxy) is 7. The molecule has 3 aromatic carbocycles. The third kappa shape index (κ3) is 3.49. The van der Waals surface area contributed by atoms with E-state index in [4.69, 9.17) is 33.2 Å². The van der Waals surface area contributed by atoms with Crippen molar-refractivity contribution in [3.63, 3.8) is 0 Å². The van der Waals surface area contributed by atoms with Gasteiger partial charge >= 0.3 is 0 Å². The first-order valence-electron chi connectivity index (χ1n) is 9.76. The molecule has 7 nitrogen and oxygen atoms in total. The minimum atomic E-state index is -0.543. The Hall–Kier alpha value is -2.74. The van der Waals surface area contributed by atoms with Crippen LogP contribution in [0, 0.1) is 0 Å². The highest BCUT2D eigenvalue weighted by molar-refractivity contribution is 6.14. The quantitative estimate of drug-likeness (QED) is 0.418. The summed E-state index contributed by atoms with van der Waals surface area (Å²) in [5.41, 5.74) is 0.807. The molecule has 30 heavy (non-hydrogen) atoms. The van der Waals surface area contributed by atoms with Gasteiger partial charge in [-0.1, -0.05) is 12.1 Å². The van der Waals surface area contributed by atoms with Crippen LogP contribution in [0.3, 0.4) is 0 Å². The molecule has 1 heterocycles. The van der Waals surface area contributed by atoms with Crippen LogP contribution in [0.4, 0.5) is 0 Å². The van der Waals surface area contributed by atoms with Crippen molar-refractivity contribution in [1.29, 1.82) is 0 Å². The summed E-state index contributed by atoms with van der Waals surface area (Å²) in [6, 6.07) is 9.63. The Morgan fingerprint density at radius 1 is 0.867 bits per heavy atom. The van der Waals surface area contributed by atoms with E-state index in [2.05, 4.69) is 0 Å². The molecule has 0 spiro atoms. The second kappa shape index (κ2) is 8.95. The van der Waals surface area contributed by atoms with Crippen LogP contribution >= 0.6 is 0 Å². The van der Waals surface area contributed by atoms with E-state index in [-0.39, 0.29) is 6.79 Å². The van der Waals surface area contributed by atoms with Crippen LogP contribution in [0.25, 0.3) is 21.5 Å². The van der Waals surface area contributed by atoms with Gasteiger partial charge in [-0.05, 0) is 24.6 Å². The predicted octanol–water partition coefficient (Wildman–Crippen LogP) is 4.44. The zero-order valence-corrected chi connectivity index (χ0v) is 17.7. The van der Waals surface area contributed by atoms with Gasteiger partial charge in [0.2, 0.25) is 0 Å². The summed E-state index contributed by atoms with van der Waals surface area (Å²) in [5, 5.41) is 3.37. The van der Waals surface area contributed by atoms with Gasteiger partial charge < -0.3 is 33.2 Å². The van der Waals surface area contributed by atoms with Crippen molar-refractivity contribution in [2.75, 3.05) is 48.4 Å². The van der Waals surface area contributed by atoms with Gasteiger partial charge in [0.15, 0.2) is 13.1 Å². The van der Waals surface area contributed by atoms with E-state index in [1.54, 1.807) is 28.4 Å². The van der Waals surface area contributed by atoms with Gasteiger partial charge in [0.25, 0.3) is 0 Å². The van der Waals surface area contributed by atoms with E-state index in [9.17, 15) is 0 Å². The third-order valence-corrected chi connectivity index (χ3v) is 5.16. The molecule has 160 valence electrons. The lowest BCUT2D eigenvalue weighted by Crippen LogP contribution is -2.18. The summed E-state index contributed by atoms with van der Waals surface area (Å²) in [4.78, 5) is 0. The van der Waals surface area contributed by atoms with Gasteiger partial charge in [-0.3, -0.25) is 0 Å². The number of benzene rings is 3. The molecule has 1 fully saturated rings. The molecule has 7 heteroatoms. The van der Waals surface area contributed by atoms with Crippen LogP contribution in [0.15, 0.2) is 30.3 Å². The molecule has 0 aliphatic carbocycles. The van der Waals surface area contributed by atoms with E-state index in [0.29, 0.717) is 36.2 Å². The molecule has 0 saturated carbocycles. The zero-order valence-electron chi connectivity index (χ0n) is 17.7. The number of methoxy groups -OCH3 is 4. The SMILES string of the molecule is COCOc1cc(C2OCCCO2)c2c(OC)c3c(OC)cccc3c(OC)c2c1. The Morgan fingerprint density at radius 2 is 1.63 bits per heavy atom. The Labute approximate surface area is 175 Å². The molecule has 0 unspecified atom stereocenters. The minimum absolute atomic E-state index is 0.123. The van der Waals surface area contributed by atoms with Crippen LogP contribution in [0.1, 0.15) is 18.3 Å². The number of hydrogen-bond acceptors (Lipinski definition) is 7. The van der Waals surface area contributed by atoms with E-state index in [0.717, 1.165) is 33.5 Å². The maximum Gasteiger partial charge on any atom is 0.188 e. The average Bonchev–Trinajstić information content (AvgIpc) is 2.80. The summed E-state index contributed by atoms with van der Waals surface area (Å²) >= 11 is 0. The lowest BCUT2D eigenvalue weighted by Gasteiger charge is -2.27. The van der Waals surface area contributed by atoms with E-state index >= 15 is 0 Å². The number of hydrogen-bond donors (Lipinski definition) is 0. The highest BCUT2D eigenvalue weighted by Crippen LogP contribution is 2.50. The molecular formula is C23H26O7.